The molecule has 190 valence electrons. The maximum Gasteiger partial charge on any atom is 0.277 e. The van der Waals surface area contributed by atoms with Crippen LogP contribution in [0.2, 0.25) is 0 Å². The van der Waals surface area contributed by atoms with Crippen LogP contribution < -0.4 is 8.61 Å². The Hall–Kier alpha value is -3.90. The predicted octanol–water partition coefficient (Wildman–Crippen LogP) is 3.07. The molecule has 0 spiro atoms. The van der Waals surface area contributed by atoms with Crippen LogP contribution >= 0.6 is 0 Å². The van der Waals surface area contributed by atoms with Gasteiger partial charge in [0.2, 0.25) is 0 Å². The average Bonchev–Trinajstić information content (AvgIpc) is 2.90. The van der Waals surface area contributed by atoms with Gasteiger partial charge in [0.15, 0.2) is 0 Å². The molecular formula is C26H25N5O4S2. The molecule has 1 aliphatic rings. The van der Waals surface area contributed by atoms with E-state index < -0.39 is 20.0 Å². The van der Waals surface area contributed by atoms with E-state index in [1.54, 1.807) is 19.1 Å². The Morgan fingerprint density at radius 2 is 1.19 bits per heavy atom. The molecule has 0 atom stereocenters. The minimum absolute atomic E-state index is 0.00778. The van der Waals surface area contributed by atoms with Crippen molar-refractivity contribution in [2.24, 2.45) is 0 Å². The van der Waals surface area contributed by atoms with Crippen LogP contribution in [0.5, 0.6) is 0 Å². The van der Waals surface area contributed by atoms with Crippen molar-refractivity contribution in [3.63, 3.8) is 0 Å². The van der Waals surface area contributed by atoms with E-state index in [0.29, 0.717) is 9.27 Å². The third-order valence-electron chi connectivity index (χ3n) is 6.24. The largest absolute Gasteiger partial charge is 0.369 e. The molecule has 0 aliphatic carbocycles. The van der Waals surface area contributed by atoms with Gasteiger partial charge in [0.1, 0.15) is 0 Å². The quantitative estimate of drug-likeness (QED) is 0.471. The van der Waals surface area contributed by atoms with Crippen molar-refractivity contribution in [2.75, 3.05) is 41.8 Å². The minimum atomic E-state index is -4.62. The third kappa shape index (κ3) is 5.16. The molecule has 1 saturated heterocycles. The summed E-state index contributed by atoms with van der Waals surface area (Å²) in [5, 5.41) is 18.2. The number of nitrogens with zero attached hydrogens (tertiary/aromatic N) is 5. The van der Waals surface area contributed by atoms with Crippen molar-refractivity contribution in [1.29, 1.82) is 10.5 Å². The molecule has 0 saturated carbocycles. The molecule has 1 heterocycles. The number of sulfonamides is 2. The van der Waals surface area contributed by atoms with Gasteiger partial charge in [-0.2, -0.15) is 14.2 Å². The lowest BCUT2D eigenvalue weighted by molar-refractivity contribution is 0.313. The van der Waals surface area contributed by atoms with Crippen LogP contribution in [0.15, 0.2) is 76.5 Å². The number of hydrogen-bond acceptors (Lipinski definition) is 8. The van der Waals surface area contributed by atoms with Gasteiger partial charge in [-0.3, -0.25) is 0 Å². The number of aryl methyl sites for hydroxylation is 1. The summed E-state index contributed by atoms with van der Waals surface area (Å²) in [6.45, 7) is 5.03. The Bertz CT molecular complexity index is 1510. The van der Waals surface area contributed by atoms with Crippen molar-refractivity contribution in [3.05, 3.63) is 83.4 Å². The van der Waals surface area contributed by atoms with Crippen LogP contribution in [0.1, 0.15) is 16.7 Å². The Morgan fingerprint density at radius 1 is 0.730 bits per heavy atom. The lowest BCUT2D eigenvalue weighted by Gasteiger charge is -2.34. The number of rotatable bonds is 6. The molecule has 0 amide bonds. The first kappa shape index (κ1) is 26.2. The molecule has 1 aliphatic heterocycles. The third-order valence-corrected chi connectivity index (χ3v) is 10.4. The summed E-state index contributed by atoms with van der Waals surface area (Å²) < 4.78 is 55.8. The Labute approximate surface area is 217 Å². The normalized spacial score (nSPS) is 14.5. The van der Waals surface area contributed by atoms with Crippen molar-refractivity contribution in [1.82, 2.24) is 4.90 Å². The van der Waals surface area contributed by atoms with Gasteiger partial charge < -0.3 is 9.80 Å². The van der Waals surface area contributed by atoms with Gasteiger partial charge >= 0.3 is 0 Å². The molecule has 37 heavy (non-hydrogen) atoms. The molecular weight excluding hydrogens is 510 g/mol. The topological polar surface area (TPSA) is 126 Å². The van der Waals surface area contributed by atoms with E-state index in [9.17, 15) is 16.8 Å². The van der Waals surface area contributed by atoms with E-state index in [1.807, 2.05) is 19.2 Å². The number of likely N-dealkylation sites (N-methyl/N-ethyl adjacent to an activating group) is 1. The van der Waals surface area contributed by atoms with Gasteiger partial charge in [-0.15, -0.1) is 0 Å². The lowest BCUT2D eigenvalue weighted by Crippen LogP contribution is -2.44. The second kappa shape index (κ2) is 10.2. The van der Waals surface area contributed by atoms with E-state index >= 15 is 0 Å². The molecule has 0 N–H and O–H groups in total. The zero-order valence-corrected chi connectivity index (χ0v) is 22.0. The summed E-state index contributed by atoms with van der Waals surface area (Å²) in [7, 11) is -7.19. The highest BCUT2D eigenvalue weighted by atomic mass is 32.3. The highest BCUT2D eigenvalue weighted by Crippen LogP contribution is 2.35. The van der Waals surface area contributed by atoms with Crippen molar-refractivity contribution < 1.29 is 16.8 Å². The summed E-state index contributed by atoms with van der Waals surface area (Å²) in [6, 6.07) is 19.0. The molecule has 0 radical (unpaired) electrons. The average molecular weight is 536 g/mol. The van der Waals surface area contributed by atoms with Crippen LogP contribution in [-0.2, 0) is 20.0 Å². The lowest BCUT2D eigenvalue weighted by atomic mass is 10.1. The Balaban J connectivity index is 1.85. The zero-order valence-electron chi connectivity index (χ0n) is 20.4. The van der Waals surface area contributed by atoms with E-state index in [-0.39, 0.29) is 26.6 Å². The first-order valence-corrected chi connectivity index (χ1v) is 14.3. The first-order valence-electron chi connectivity index (χ1n) is 11.4. The van der Waals surface area contributed by atoms with Crippen LogP contribution in [0.3, 0.4) is 0 Å². The van der Waals surface area contributed by atoms with Crippen LogP contribution in [0.4, 0.5) is 11.4 Å². The molecule has 4 rings (SSSR count). The number of nitriles is 2. The van der Waals surface area contributed by atoms with Gasteiger partial charge in [0, 0.05) is 31.9 Å². The first-order chi connectivity index (χ1) is 17.6. The monoisotopic (exact) mass is 535 g/mol. The zero-order chi connectivity index (χ0) is 26.8. The summed E-state index contributed by atoms with van der Waals surface area (Å²) in [5.74, 6) is 0. The van der Waals surface area contributed by atoms with E-state index in [4.69, 9.17) is 10.5 Å². The number of hydrogen-bond donors (Lipinski definition) is 0. The van der Waals surface area contributed by atoms with Gasteiger partial charge in [0.25, 0.3) is 20.0 Å². The van der Waals surface area contributed by atoms with E-state index in [0.717, 1.165) is 31.9 Å². The maximum absolute atomic E-state index is 13.8. The van der Waals surface area contributed by atoms with Crippen LogP contribution in [0, 0.1) is 29.6 Å². The molecule has 11 heteroatoms. The SMILES string of the molecule is Cc1cc(N2CCN(C)CC2)ccc1N(S(=O)(=O)c1ccc(C#N)cc1)S(=O)(=O)c1ccc(C#N)cc1. The molecule has 0 aromatic heterocycles. The number of anilines is 2. The van der Waals surface area contributed by atoms with Crippen molar-refractivity contribution >= 4 is 31.4 Å². The summed E-state index contributed by atoms with van der Waals surface area (Å²) >= 11 is 0. The summed E-state index contributed by atoms with van der Waals surface area (Å²) in [5.41, 5.74) is 1.82. The molecule has 0 bridgehead atoms. The fourth-order valence-electron chi connectivity index (χ4n) is 4.09. The predicted molar refractivity (Wildman–Crippen MR) is 140 cm³/mol. The Morgan fingerprint density at radius 3 is 1.59 bits per heavy atom. The van der Waals surface area contributed by atoms with Gasteiger partial charge in [-0.1, -0.05) is 0 Å². The van der Waals surface area contributed by atoms with E-state index in [1.165, 1.54) is 54.6 Å². The standard InChI is InChI=1S/C26H25N5O4S2/c1-20-17-23(30-15-13-29(2)14-16-30)7-12-26(20)31(36(32,33)24-8-3-21(18-27)4-9-24)37(34,35)25-10-5-22(19-28)6-11-25/h3-12,17H,13-16H2,1-2H3. The van der Waals surface area contributed by atoms with Gasteiger partial charge in [-0.05, 0) is 86.3 Å². The smallest absolute Gasteiger partial charge is 0.277 e. The van der Waals surface area contributed by atoms with Crippen LogP contribution in [0.25, 0.3) is 0 Å². The summed E-state index contributed by atoms with van der Waals surface area (Å²) in [6.07, 6.45) is 0. The number of benzene rings is 3. The molecule has 1 fully saturated rings. The van der Waals surface area contributed by atoms with Crippen molar-refractivity contribution in [2.45, 2.75) is 16.7 Å². The fourth-order valence-corrected chi connectivity index (χ4v) is 7.91. The molecule has 3 aromatic rings. The number of piperazine rings is 1. The molecule has 3 aromatic carbocycles. The molecule has 9 nitrogen and oxygen atoms in total. The Kier molecular flexibility index (Phi) is 7.23. The maximum atomic E-state index is 13.8. The second-order valence-corrected chi connectivity index (χ2v) is 12.5. The van der Waals surface area contributed by atoms with Gasteiger partial charge in [-0.25, -0.2) is 16.8 Å². The van der Waals surface area contributed by atoms with Crippen molar-refractivity contribution in [3.8, 4) is 12.1 Å². The van der Waals surface area contributed by atoms with E-state index in [2.05, 4.69) is 9.80 Å². The molecule has 0 unspecified atom stereocenters. The van der Waals surface area contributed by atoms with Crippen LogP contribution in [-0.4, -0.2) is 55.0 Å². The highest BCUT2D eigenvalue weighted by Gasteiger charge is 2.38. The second-order valence-electron chi connectivity index (χ2n) is 8.74. The summed E-state index contributed by atoms with van der Waals surface area (Å²) in [4.78, 5) is 3.84. The fraction of sp³-hybridized carbons (Fsp3) is 0.231. The minimum Gasteiger partial charge on any atom is -0.369 e. The highest BCUT2D eigenvalue weighted by molar-refractivity contribution is 8.10. The van der Waals surface area contributed by atoms with Gasteiger partial charge in [0.05, 0.1) is 38.7 Å².